The molecule has 7 heteroatoms. The summed E-state index contributed by atoms with van der Waals surface area (Å²) in [6.07, 6.45) is 4.93. The van der Waals surface area contributed by atoms with E-state index in [9.17, 15) is 5.11 Å². The number of aromatic nitrogens is 4. The summed E-state index contributed by atoms with van der Waals surface area (Å²) < 4.78 is 7.60. The molecular weight excluding hydrogens is 282 g/mol. The third-order valence-corrected chi connectivity index (χ3v) is 3.35. The van der Waals surface area contributed by atoms with E-state index in [1.807, 2.05) is 20.0 Å². The molecule has 1 unspecified atom stereocenters. The second-order valence-electron chi connectivity index (χ2n) is 5.24. The number of aliphatic hydroxyl groups is 1. The van der Waals surface area contributed by atoms with Crippen LogP contribution in [0, 0.1) is 6.92 Å². The zero-order valence-corrected chi connectivity index (χ0v) is 13.3. The van der Waals surface area contributed by atoms with Crippen molar-refractivity contribution in [2.24, 2.45) is 7.05 Å². The monoisotopic (exact) mass is 305 g/mol. The predicted molar refractivity (Wildman–Crippen MR) is 83.7 cm³/mol. The average molecular weight is 305 g/mol. The van der Waals surface area contributed by atoms with E-state index in [0.29, 0.717) is 18.2 Å². The summed E-state index contributed by atoms with van der Waals surface area (Å²) in [6.45, 7) is 4.46. The molecule has 0 aliphatic heterocycles. The molecule has 7 nitrogen and oxygen atoms in total. The number of hydrogen-bond donors (Lipinski definition) is 2. The first-order valence-corrected chi connectivity index (χ1v) is 7.43. The average Bonchev–Trinajstić information content (AvgIpc) is 2.83. The number of nitrogens with zero attached hydrogens (tertiary/aromatic N) is 4. The van der Waals surface area contributed by atoms with Crippen LogP contribution >= 0.6 is 0 Å². The molecule has 0 bridgehead atoms. The van der Waals surface area contributed by atoms with Crippen molar-refractivity contribution in [2.75, 3.05) is 11.9 Å². The highest BCUT2D eigenvalue weighted by molar-refractivity contribution is 5.48. The highest BCUT2D eigenvalue weighted by Gasteiger charge is 2.12. The Morgan fingerprint density at radius 1 is 1.45 bits per heavy atom. The van der Waals surface area contributed by atoms with Gasteiger partial charge in [-0.3, -0.25) is 4.68 Å². The fourth-order valence-electron chi connectivity index (χ4n) is 2.23. The first-order chi connectivity index (χ1) is 10.6. The van der Waals surface area contributed by atoms with Gasteiger partial charge < -0.3 is 15.2 Å². The Bertz CT molecular complexity index is 599. The minimum Gasteiger partial charge on any atom is -0.482 e. The summed E-state index contributed by atoms with van der Waals surface area (Å²) in [5, 5.41) is 16.9. The van der Waals surface area contributed by atoms with Crippen molar-refractivity contribution in [3.05, 3.63) is 30.0 Å². The topological polar surface area (TPSA) is 85.1 Å². The summed E-state index contributed by atoms with van der Waals surface area (Å²) in [6, 6.07) is 1.94. The predicted octanol–water partition coefficient (Wildman–Crippen LogP) is 1.67. The Labute approximate surface area is 130 Å². The molecule has 22 heavy (non-hydrogen) atoms. The van der Waals surface area contributed by atoms with E-state index in [-0.39, 0.29) is 12.6 Å². The smallest absolute Gasteiger partial charge is 0.180 e. The molecule has 0 saturated carbocycles. The minimum absolute atomic E-state index is 0.0406. The molecule has 120 valence electrons. The van der Waals surface area contributed by atoms with Crippen LogP contribution in [0.15, 0.2) is 18.6 Å². The van der Waals surface area contributed by atoms with Gasteiger partial charge in [0, 0.05) is 7.05 Å². The second kappa shape index (κ2) is 7.74. The number of aliphatic hydroxyl groups excluding tert-OH is 1. The van der Waals surface area contributed by atoms with Crippen LogP contribution in [-0.4, -0.2) is 37.5 Å². The van der Waals surface area contributed by atoms with Crippen LogP contribution in [0.25, 0.3) is 0 Å². The summed E-state index contributed by atoms with van der Waals surface area (Å²) >= 11 is 0. The SMILES string of the molecule is CCCC(CO)Nc1ncncc1OCc1cc(C)nn1C. The second-order valence-corrected chi connectivity index (χ2v) is 5.24. The van der Waals surface area contributed by atoms with Gasteiger partial charge in [0.1, 0.15) is 12.9 Å². The maximum atomic E-state index is 9.40. The number of ether oxygens (including phenoxy) is 1. The van der Waals surface area contributed by atoms with Crippen LogP contribution in [0.4, 0.5) is 5.82 Å². The zero-order chi connectivity index (χ0) is 15.9. The minimum atomic E-state index is -0.0406. The highest BCUT2D eigenvalue weighted by atomic mass is 16.5. The molecule has 1 atom stereocenters. The lowest BCUT2D eigenvalue weighted by Crippen LogP contribution is -2.24. The van der Waals surface area contributed by atoms with Crippen LogP contribution < -0.4 is 10.1 Å². The maximum Gasteiger partial charge on any atom is 0.180 e. The van der Waals surface area contributed by atoms with Crippen LogP contribution in [0.3, 0.4) is 0 Å². The van der Waals surface area contributed by atoms with Crippen LogP contribution in [0.1, 0.15) is 31.2 Å². The quantitative estimate of drug-likeness (QED) is 0.771. The van der Waals surface area contributed by atoms with Gasteiger partial charge in [-0.1, -0.05) is 13.3 Å². The van der Waals surface area contributed by atoms with Crippen molar-refractivity contribution in [1.29, 1.82) is 0 Å². The normalized spacial score (nSPS) is 12.2. The van der Waals surface area contributed by atoms with Gasteiger partial charge >= 0.3 is 0 Å². The number of nitrogens with one attached hydrogen (secondary N) is 1. The molecule has 0 spiro atoms. The first-order valence-electron chi connectivity index (χ1n) is 7.43. The number of hydrogen-bond acceptors (Lipinski definition) is 6. The van der Waals surface area contributed by atoms with E-state index >= 15 is 0 Å². The Morgan fingerprint density at radius 2 is 2.27 bits per heavy atom. The van der Waals surface area contributed by atoms with Gasteiger partial charge in [0.05, 0.1) is 30.2 Å². The number of anilines is 1. The van der Waals surface area contributed by atoms with Crippen molar-refractivity contribution in [3.8, 4) is 5.75 Å². The fourth-order valence-corrected chi connectivity index (χ4v) is 2.23. The van der Waals surface area contributed by atoms with Crippen molar-refractivity contribution in [1.82, 2.24) is 19.7 Å². The van der Waals surface area contributed by atoms with Gasteiger partial charge in [-0.05, 0) is 19.4 Å². The lowest BCUT2D eigenvalue weighted by molar-refractivity contribution is 0.266. The lowest BCUT2D eigenvalue weighted by Gasteiger charge is -2.18. The van der Waals surface area contributed by atoms with E-state index in [1.165, 1.54) is 6.33 Å². The Balaban J connectivity index is 2.06. The molecule has 0 aromatic carbocycles. The van der Waals surface area contributed by atoms with Gasteiger partial charge in [-0.2, -0.15) is 5.10 Å². The third-order valence-electron chi connectivity index (χ3n) is 3.35. The first kappa shape index (κ1) is 16.2. The molecule has 2 rings (SSSR count). The summed E-state index contributed by atoms with van der Waals surface area (Å²) in [5.41, 5.74) is 1.92. The number of aryl methyl sites for hydroxylation is 2. The number of rotatable bonds is 8. The molecule has 0 amide bonds. The highest BCUT2D eigenvalue weighted by Crippen LogP contribution is 2.22. The van der Waals surface area contributed by atoms with Crippen molar-refractivity contribution < 1.29 is 9.84 Å². The van der Waals surface area contributed by atoms with Gasteiger partial charge in [0.15, 0.2) is 11.6 Å². The summed E-state index contributed by atoms with van der Waals surface area (Å²) in [5.74, 6) is 1.16. The lowest BCUT2D eigenvalue weighted by atomic mass is 10.2. The third kappa shape index (κ3) is 4.17. The Hall–Kier alpha value is -2.15. The summed E-state index contributed by atoms with van der Waals surface area (Å²) in [7, 11) is 1.88. The molecule has 0 aliphatic carbocycles. The van der Waals surface area contributed by atoms with E-state index in [4.69, 9.17) is 4.74 Å². The molecule has 0 saturated heterocycles. The Kier molecular flexibility index (Phi) is 5.71. The molecule has 0 radical (unpaired) electrons. The molecular formula is C15H23N5O2. The van der Waals surface area contributed by atoms with Gasteiger partial charge in [0.25, 0.3) is 0 Å². The Morgan fingerprint density at radius 3 is 2.91 bits per heavy atom. The van der Waals surface area contributed by atoms with Crippen LogP contribution in [0.5, 0.6) is 5.75 Å². The van der Waals surface area contributed by atoms with Crippen LogP contribution in [-0.2, 0) is 13.7 Å². The fraction of sp³-hybridized carbons (Fsp3) is 0.533. The van der Waals surface area contributed by atoms with Gasteiger partial charge in [-0.15, -0.1) is 0 Å². The zero-order valence-electron chi connectivity index (χ0n) is 13.3. The molecule has 2 aromatic rings. The van der Waals surface area contributed by atoms with E-state index in [0.717, 1.165) is 24.2 Å². The van der Waals surface area contributed by atoms with E-state index in [2.05, 4.69) is 27.3 Å². The van der Waals surface area contributed by atoms with Gasteiger partial charge in [0.2, 0.25) is 0 Å². The molecule has 2 heterocycles. The maximum absolute atomic E-state index is 9.40. The molecule has 2 aromatic heterocycles. The standard InChI is InChI=1S/C15H23N5O2/c1-4-5-12(8-21)18-15-14(7-16-10-17-15)22-9-13-6-11(2)19-20(13)3/h6-7,10,12,21H,4-5,8-9H2,1-3H3,(H,16,17,18). The van der Waals surface area contributed by atoms with Crippen LogP contribution in [0.2, 0.25) is 0 Å². The van der Waals surface area contributed by atoms with Crippen molar-refractivity contribution in [2.45, 2.75) is 39.3 Å². The van der Waals surface area contributed by atoms with E-state index in [1.54, 1.807) is 10.9 Å². The summed E-state index contributed by atoms with van der Waals surface area (Å²) in [4.78, 5) is 8.21. The van der Waals surface area contributed by atoms with Gasteiger partial charge in [-0.25, -0.2) is 9.97 Å². The van der Waals surface area contributed by atoms with E-state index < -0.39 is 0 Å². The van der Waals surface area contributed by atoms with Crippen molar-refractivity contribution in [3.63, 3.8) is 0 Å². The molecule has 2 N–H and O–H groups in total. The molecule has 0 fully saturated rings. The molecule has 0 aliphatic rings. The van der Waals surface area contributed by atoms with Crippen molar-refractivity contribution >= 4 is 5.82 Å². The largest absolute Gasteiger partial charge is 0.482 e.